The van der Waals surface area contributed by atoms with Gasteiger partial charge in [-0.3, -0.25) is 0 Å². The van der Waals surface area contributed by atoms with E-state index in [9.17, 15) is 10.2 Å². The molecular weight excluding hydrogens is 254 g/mol. The van der Waals surface area contributed by atoms with Gasteiger partial charge in [0.2, 0.25) is 0 Å². The Kier molecular flexibility index (Phi) is 4.09. The van der Waals surface area contributed by atoms with Crippen LogP contribution in [0.4, 0.5) is 0 Å². The van der Waals surface area contributed by atoms with Crippen LogP contribution in [0, 0.1) is 11.8 Å². The van der Waals surface area contributed by atoms with Gasteiger partial charge < -0.3 is 20.7 Å². The molecule has 112 valence electrons. The SMILES string of the molecule is COc1cccc(C2(O)C(C)CCC(C)(O)C2CN)c1. The lowest BCUT2D eigenvalue weighted by Crippen LogP contribution is -2.58. The lowest BCUT2D eigenvalue weighted by atomic mass is 9.60. The predicted molar refractivity (Wildman–Crippen MR) is 78.5 cm³/mol. The molecule has 0 radical (unpaired) electrons. The van der Waals surface area contributed by atoms with Gasteiger partial charge in [-0.15, -0.1) is 0 Å². The summed E-state index contributed by atoms with van der Waals surface area (Å²) in [4.78, 5) is 0. The Labute approximate surface area is 120 Å². The van der Waals surface area contributed by atoms with Crippen molar-refractivity contribution in [1.29, 1.82) is 0 Å². The zero-order chi connectivity index (χ0) is 15.0. The summed E-state index contributed by atoms with van der Waals surface area (Å²) in [5, 5.41) is 21.9. The third-order valence-electron chi connectivity index (χ3n) is 4.88. The Morgan fingerprint density at radius 2 is 2.10 bits per heavy atom. The van der Waals surface area contributed by atoms with Crippen molar-refractivity contribution in [2.24, 2.45) is 17.6 Å². The second-order valence-corrected chi connectivity index (χ2v) is 6.14. The largest absolute Gasteiger partial charge is 0.497 e. The number of benzene rings is 1. The van der Waals surface area contributed by atoms with Crippen LogP contribution in [0.3, 0.4) is 0 Å². The monoisotopic (exact) mass is 279 g/mol. The minimum absolute atomic E-state index is 0.0309. The van der Waals surface area contributed by atoms with Crippen molar-refractivity contribution in [3.05, 3.63) is 29.8 Å². The smallest absolute Gasteiger partial charge is 0.119 e. The van der Waals surface area contributed by atoms with E-state index in [4.69, 9.17) is 10.5 Å². The summed E-state index contributed by atoms with van der Waals surface area (Å²) < 4.78 is 5.24. The van der Waals surface area contributed by atoms with Gasteiger partial charge in [0.15, 0.2) is 0 Å². The van der Waals surface area contributed by atoms with Crippen LogP contribution in [0.1, 0.15) is 32.3 Å². The van der Waals surface area contributed by atoms with Crippen LogP contribution in [0.25, 0.3) is 0 Å². The fraction of sp³-hybridized carbons (Fsp3) is 0.625. The molecule has 20 heavy (non-hydrogen) atoms. The lowest BCUT2D eigenvalue weighted by Gasteiger charge is -2.51. The standard InChI is InChI=1S/C16H25NO3/c1-11-7-8-15(2,18)14(10-17)16(11,19)12-5-4-6-13(9-12)20-3/h4-6,9,11,14,18-19H,7-8,10,17H2,1-3H3. The molecule has 4 nitrogen and oxygen atoms in total. The summed E-state index contributed by atoms with van der Waals surface area (Å²) in [6.45, 7) is 4.02. The predicted octanol–water partition coefficient (Wildman–Crippen LogP) is 1.64. The van der Waals surface area contributed by atoms with Crippen molar-refractivity contribution < 1.29 is 14.9 Å². The molecule has 4 unspecified atom stereocenters. The number of ether oxygens (including phenoxy) is 1. The Hall–Kier alpha value is -1.10. The van der Waals surface area contributed by atoms with Crippen molar-refractivity contribution in [3.8, 4) is 5.75 Å². The quantitative estimate of drug-likeness (QED) is 0.786. The minimum Gasteiger partial charge on any atom is -0.497 e. The van der Waals surface area contributed by atoms with E-state index in [1.54, 1.807) is 14.0 Å². The number of methoxy groups -OCH3 is 1. The molecule has 0 bridgehead atoms. The molecular formula is C16H25NO3. The van der Waals surface area contributed by atoms with E-state index in [-0.39, 0.29) is 12.5 Å². The van der Waals surface area contributed by atoms with Crippen molar-refractivity contribution in [3.63, 3.8) is 0 Å². The van der Waals surface area contributed by atoms with Gasteiger partial charge in [-0.05, 0) is 43.4 Å². The van der Waals surface area contributed by atoms with E-state index in [0.717, 1.165) is 12.0 Å². The van der Waals surface area contributed by atoms with Crippen LogP contribution in [0.5, 0.6) is 5.75 Å². The summed E-state index contributed by atoms with van der Waals surface area (Å²) in [7, 11) is 1.60. The van der Waals surface area contributed by atoms with Crippen LogP contribution in [-0.4, -0.2) is 29.5 Å². The van der Waals surface area contributed by atoms with Crippen molar-refractivity contribution in [2.75, 3.05) is 13.7 Å². The highest BCUT2D eigenvalue weighted by Crippen LogP contribution is 2.49. The molecule has 0 saturated heterocycles. The highest BCUT2D eigenvalue weighted by Gasteiger charge is 2.53. The van der Waals surface area contributed by atoms with Crippen molar-refractivity contribution in [2.45, 2.75) is 37.9 Å². The first-order chi connectivity index (χ1) is 9.36. The molecule has 0 amide bonds. The average molecular weight is 279 g/mol. The number of aliphatic hydroxyl groups is 2. The van der Waals surface area contributed by atoms with Gasteiger partial charge in [0.05, 0.1) is 18.3 Å². The van der Waals surface area contributed by atoms with Crippen LogP contribution in [-0.2, 0) is 5.60 Å². The first-order valence-electron chi connectivity index (χ1n) is 7.15. The van der Waals surface area contributed by atoms with Crippen LogP contribution < -0.4 is 10.5 Å². The maximum atomic E-state index is 11.3. The summed E-state index contributed by atoms with van der Waals surface area (Å²) >= 11 is 0. The van der Waals surface area contributed by atoms with E-state index in [1.165, 1.54) is 0 Å². The highest BCUT2D eigenvalue weighted by molar-refractivity contribution is 5.34. The molecule has 1 fully saturated rings. The molecule has 0 aliphatic heterocycles. The molecule has 0 spiro atoms. The summed E-state index contributed by atoms with van der Waals surface area (Å²) in [6.07, 6.45) is 1.42. The van der Waals surface area contributed by atoms with E-state index >= 15 is 0 Å². The van der Waals surface area contributed by atoms with Gasteiger partial charge in [-0.1, -0.05) is 19.1 Å². The van der Waals surface area contributed by atoms with Crippen LogP contribution in [0.15, 0.2) is 24.3 Å². The third-order valence-corrected chi connectivity index (χ3v) is 4.88. The van der Waals surface area contributed by atoms with Gasteiger partial charge in [-0.25, -0.2) is 0 Å². The van der Waals surface area contributed by atoms with E-state index in [2.05, 4.69) is 0 Å². The normalized spacial score (nSPS) is 37.7. The first-order valence-corrected chi connectivity index (χ1v) is 7.15. The number of rotatable bonds is 3. The zero-order valence-corrected chi connectivity index (χ0v) is 12.5. The van der Waals surface area contributed by atoms with Crippen molar-refractivity contribution in [1.82, 2.24) is 0 Å². The zero-order valence-electron chi connectivity index (χ0n) is 12.5. The molecule has 1 aliphatic rings. The second kappa shape index (κ2) is 5.35. The van der Waals surface area contributed by atoms with E-state index in [0.29, 0.717) is 12.2 Å². The van der Waals surface area contributed by atoms with E-state index < -0.39 is 17.1 Å². The van der Waals surface area contributed by atoms with Gasteiger partial charge in [-0.2, -0.15) is 0 Å². The molecule has 4 N–H and O–H groups in total. The third kappa shape index (κ3) is 2.32. The Morgan fingerprint density at radius 3 is 2.70 bits per heavy atom. The maximum absolute atomic E-state index is 11.3. The molecule has 0 heterocycles. The number of nitrogens with two attached hydrogens (primary N) is 1. The Morgan fingerprint density at radius 1 is 1.40 bits per heavy atom. The fourth-order valence-electron chi connectivity index (χ4n) is 3.51. The van der Waals surface area contributed by atoms with Gasteiger partial charge in [0.25, 0.3) is 0 Å². The van der Waals surface area contributed by atoms with Crippen molar-refractivity contribution >= 4 is 0 Å². The number of hydrogen-bond donors (Lipinski definition) is 3. The molecule has 1 aliphatic carbocycles. The average Bonchev–Trinajstić information content (AvgIpc) is 2.43. The Bertz CT molecular complexity index is 475. The van der Waals surface area contributed by atoms with Gasteiger partial charge in [0.1, 0.15) is 5.75 Å². The second-order valence-electron chi connectivity index (χ2n) is 6.14. The summed E-state index contributed by atoms with van der Waals surface area (Å²) in [6, 6.07) is 7.41. The van der Waals surface area contributed by atoms with Gasteiger partial charge >= 0.3 is 0 Å². The van der Waals surface area contributed by atoms with Gasteiger partial charge in [0, 0.05) is 12.5 Å². The highest BCUT2D eigenvalue weighted by atomic mass is 16.5. The van der Waals surface area contributed by atoms with E-state index in [1.807, 2.05) is 31.2 Å². The molecule has 1 aromatic carbocycles. The van der Waals surface area contributed by atoms with Crippen LogP contribution >= 0.6 is 0 Å². The first kappa shape index (κ1) is 15.3. The lowest BCUT2D eigenvalue weighted by molar-refractivity contribution is -0.179. The molecule has 4 atom stereocenters. The molecule has 1 aromatic rings. The molecule has 0 aromatic heterocycles. The molecule has 1 saturated carbocycles. The topological polar surface area (TPSA) is 75.7 Å². The number of hydrogen-bond acceptors (Lipinski definition) is 4. The minimum atomic E-state index is -1.13. The molecule has 4 heteroatoms. The maximum Gasteiger partial charge on any atom is 0.119 e. The summed E-state index contributed by atoms with van der Waals surface area (Å²) in [5.41, 5.74) is 4.54. The fourth-order valence-corrected chi connectivity index (χ4v) is 3.51. The summed E-state index contributed by atoms with van der Waals surface area (Å²) in [5.74, 6) is 0.332. The molecule has 2 rings (SSSR count). The van der Waals surface area contributed by atoms with Crippen LogP contribution in [0.2, 0.25) is 0 Å². The Balaban J connectivity index is 2.51.